The number of thioether (sulfide) groups is 1. The van der Waals surface area contributed by atoms with Crippen molar-refractivity contribution in [1.82, 2.24) is 5.32 Å². The van der Waals surface area contributed by atoms with E-state index in [1.54, 1.807) is 24.3 Å². The first-order valence-electron chi connectivity index (χ1n) is 6.06. The first-order valence-corrected chi connectivity index (χ1v) is 7.11. The van der Waals surface area contributed by atoms with E-state index in [1.807, 2.05) is 6.07 Å². The van der Waals surface area contributed by atoms with Gasteiger partial charge in [-0.1, -0.05) is 18.2 Å². The number of anilines is 1. The van der Waals surface area contributed by atoms with Gasteiger partial charge in [-0.3, -0.25) is 9.59 Å². The van der Waals surface area contributed by atoms with Crippen molar-refractivity contribution in [3.63, 3.8) is 0 Å². The average molecular weight is 294 g/mol. The Labute approximate surface area is 119 Å². The van der Waals surface area contributed by atoms with Crippen molar-refractivity contribution in [3.8, 4) is 0 Å². The van der Waals surface area contributed by atoms with Crippen molar-refractivity contribution in [3.05, 3.63) is 30.3 Å². The molecule has 106 valence electrons. The lowest BCUT2D eigenvalue weighted by Crippen LogP contribution is -2.51. The zero-order valence-electron chi connectivity index (χ0n) is 10.5. The Morgan fingerprint density at radius 2 is 2.05 bits per heavy atom. The van der Waals surface area contributed by atoms with Crippen molar-refractivity contribution in [2.45, 2.75) is 17.7 Å². The lowest BCUT2D eigenvalue weighted by Gasteiger charge is -2.25. The van der Waals surface area contributed by atoms with Gasteiger partial charge in [-0.2, -0.15) is 0 Å². The molecule has 0 saturated carbocycles. The third-order valence-corrected chi connectivity index (χ3v) is 4.11. The van der Waals surface area contributed by atoms with Crippen molar-refractivity contribution in [2.24, 2.45) is 0 Å². The molecule has 1 aromatic carbocycles. The quantitative estimate of drug-likeness (QED) is 0.760. The minimum absolute atomic E-state index is 0.0255. The zero-order valence-corrected chi connectivity index (χ0v) is 11.4. The summed E-state index contributed by atoms with van der Waals surface area (Å²) in [5.41, 5.74) is 0.669. The highest BCUT2D eigenvalue weighted by Gasteiger charge is 2.33. The zero-order chi connectivity index (χ0) is 14.5. The largest absolute Gasteiger partial charge is 0.480 e. The van der Waals surface area contributed by atoms with Crippen molar-refractivity contribution in [1.29, 1.82) is 0 Å². The van der Waals surface area contributed by atoms with Gasteiger partial charge in [-0.15, -0.1) is 11.8 Å². The van der Waals surface area contributed by atoms with E-state index in [-0.39, 0.29) is 18.1 Å². The molecular weight excluding hydrogens is 280 g/mol. The summed E-state index contributed by atoms with van der Waals surface area (Å²) < 4.78 is 0. The molecule has 0 spiro atoms. The van der Waals surface area contributed by atoms with Crippen LogP contribution in [0.4, 0.5) is 5.69 Å². The molecule has 3 N–H and O–H groups in total. The molecular formula is C13H14N2O4S. The van der Waals surface area contributed by atoms with Gasteiger partial charge in [0.05, 0.1) is 5.25 Å². The van der Waals surface area contributed by atoms with Crippen LogP contribution in [0.15, 0.2) is 30.3 Å². The minimum Gasteiger partial charge on any atom is -0.480 e. The van der Waals surface area contributed by atoms with Crippen LogP contribution < -0.4 is 10.6 Å². The molecule has 1 fully saturated rings. The highest BCUT2D eigenvalue weighted by Crippen LogP contribution is 2.21. The third kappa shape index (κ3) is 3.74. The molecule has 2 atom stereocenters. The van der Waals surface area contributed by atoms with E-state index in [0.717, 1.165) is 0 Å². The number of amides is 2. The maximum atomic E-state index is 11.8. The molecule has 20 heavy (non-hydrogen) atoms. The topological polar surface area (TPSA) is 95.5 Å². The maximum absolute atomic E-state index is 11.8. The number of aliphatic carboxylic acids is 1. The van der Waals surface area contributed by atoms with Gasteiger partial charge >= 0.3 is 5.97 Å². The Kier molecular flexibility index (Phi) is 4.62. The second-order valence-corrected chi connectivity index (χ2v) is 5.58. The molecule has 1 aliphatic heterocycles. The number of carboxylic acids is 1. The van der Waals surface area contributed by atoms with Crippen LogP contribution in [-0.4, -0.2) is 39.9 Å². The van der Waals surface area contributed by atoms with Crippen molar-refractivity contribution < 1.29 is 19.5 Å². The van der Waals surface area contributed by atoms with Gasteiger partial charge in [0.25, 0.3) is 0 Å². The lowest BCUT2D eigenvalue weighted by atomic mass is 10.2. The predicted molar refractivity (Wildman–Crippen MR) is 75.5 cm³/mol. The second kappa shape index (κ2) is 6.42. The maximum Gasteiger partial charge on any atom is 0.327 e. The van der Waals surface area contributed by atoms with Crippen LogP contribution in [0.3, 0.4) is 0 Å². The smallest absolute Gasteiger partial charge is 0.327 e. The first kappa shape index (κ1) is 14.4. The van der Waals surface area contributed by atoms with Crippen LogP contribution in [0.2, 0.25) is 0 Å². The van der Waals surface area contributed by atoms with Gasteiger partial charge in [0.15, 0.2) is 0 Å². The molecule has 0 aromatic heterocycles. The van der Waals surface area contributed by atoms with Gasteiger partial charge in [0.2, 0.25) is 11.8 Å². The summed E-state index contributed by atoms with van der Waals surface area (Å²) in [5.74, 6) is -1.46. The molecule has 1 heterocycles. The Morgan fingerprint density at radius 3 is 2.65 bits per heavy atom. The number of nitrogens with one attached hydrogen (secondary N) is 2. The standard InChI is InChI=1S/C13H14N2O4S/c16-11(14-8-4-2-1-3-5-8)6-10-12(17)15-9(7-20-10)13(18)19/h1-5,9-10H,6-7H2,(H,14,16)(H,15,17)(H,18,19)/t9-,10-/m0/s1. The Hall–Kier alpha value is -2.02. The summed E-state index contributed by atoms with van der Waals surface area (Å²) in [6.45, 7) is 0. The Bertz CT molecular complexity index is 520. The van der Waals surface area contributed by atoms with E-state index in [9.17, 15) is 14.4 Å². The lowest BCUT2D eigenvalue weighted by molar-refractivity contribution is -0.141. The number of carbonyl (C=O) groups is 3. The minimum atomic E-state index is -1.06. The number of rotatable bonds is 4. The van der Waals surface area contributed by atoms with Gasteiger partial charge in [-0.05, 0) is 12.1 Å². The summed E-state index contributed by atoms with van der Waals surface area (Å²) in [6.07, 6.45) is 0.0255. The van der Waals surface area contributed by atoms with Crippen molar-refractivity contribution >= 4 is 35.2 Å². The number of benzene rings is 1. The van der Waals surface area contributed by atoms with Crippen LogP contribution in [0.25, 0.3) is 0 Å². The summed E-state index contributed by atoms with van der Waals surface area (Å²) in [7, 11) is 0. The molecule has 6 nitrogen and oxygen atoms in total. The third-order valence-electron chi connectivity index (χ3n) is 2.80. The monoisotopic (exact) mass is 294 g/mol. The number of hydrogen-bond donors (Lipinski definition) is 3. The van der Waals surface area contributed by atoms with E-state index in [4.69, 9.17) is 5.11 Å². The van der Waals surface area contributed by atoms with E-state index in [2.05, 4.69) is 10.6 Å². The summed E-state index contributed by atoms with van der Waals surface area (Å²) in [5, 5.41) is 13.4. The first-order chi connectivity index (χ1) is 9.56. The Morgan fingerprint density at radius 1 is 1.35 bits per heavy atom. The second-order valence-electron chi connectivity index (χ2n) is 4.34. The molecule has 2 amide bonds. The molecule has 0 aliphatic carbocycles. The Balaban J connectivity index is 1.86. The fourth-order valence-corrected chi connectivity index (χ4v) is 2.92. The van der Waals surface area contributed by atoms with Crippen LogP contribution in [0.1, 0.15) is 6.42 Å². The molecule has 1 aromatic rings. The summed E-state index contributed by atoms with van der Waals surface area (Å²) >= 11 is 1.19. The van der Waals surface area contributed by atoms with Crippen LogP contribution in [0.5, 0.6) is 0 Å². The van der Waals surface area contributed by atoms with Gasteiger partial charge in [0.1, 0.15) is 6.04 Å². The average Bonchev–Trinajstić information content (AvgIpc) is 2.42. The summed E-state index contributed by atoms with van der Waals surface area (Å²) in [6, 6.07) is 8.08. The normalized spacial score (nSPS) is 21.9. The number of carbonyl (C=O) groups excluding carboxylic acids is 2. The fourth-order valence-electron chi connectivity index (χ4n) is 1.78. The van der Waals surface area contributed by atoms with Gasteiger partial charge in [0, 0.05) is 17.9 Å². The van der Waals surface area contributed by atoms with Crippen LogP contribution >= 0.6 is 11.8 Å². The molecule has 2 rings (SSSR count). The number of para-hydroxylation sites is 1. The number of hydrogen-bond acceptors (Lipinski definition) is 4. The van der Waals surface area contributed by atoms with Gasteiger partial charge < -0.3 is 15.7 Å². The fraction of sp³-hybridized carbons (Fsp3) is 0.308. The van der Waals surface area contributed by atoms with Gasteiger partial charge in [-0.25, -0.2) is 4.79 Å². The van der Waals surface area contributed by atoms with Crippen LogP contribution in [-0.2, 0) is 14.4 Å². The van der Waals surface area contributed by atoms with E-state index in [0.29, 0.717) is 5.69 Å². The molecule has 7 heteroatoms. The SMILES string of the molecule is O=C(C[C@@H]1SC[C@@H](C(=O)O)NC1=O)Nc1ccccc1. The predicted octanol–water partition coefficient (Wildman–Crippen LogP) is 0.700. The van der Waals surface area contributed by atoms with E-state index >= 15 is 0 Å². The van der Waals surface area contributed by atoms with E-state index < -0.39 is 23.2 Å². The van der Waals surface area contributed by atoms with Crippen molar-refractivity contribution in [2.75, 3.05) is 11.1 Å². The highest BCUT2D eigenvalue weighted by atomic mass is 32.2. The van der Waals surface area contributed by atoms with Crippen LogP contribution in [0, 0.1) is 0 Å². The molecule has 1 saturated heterocycles. The highest BCUT2D eigenvalue weighted by molar-refractivity contribution is 8.00. The number of carboxylic acid groups (broad SMARTS) is 1. The molecule has 1 aliphatic rings. The molecule has 0 bridgehead atoms. The van der Waals surface area contributed by atoms with E-state index in [1.165, 1.54) is 11.8 Å². The molecule has 0 unspecified atom stereocenters. The molecule has 0 radical (unpaired) electrons. The summed E-state index contributed by atoms with van der Waals surface area (Å²) in [4.78, 5) is 34.3.